The zero-order chi connectivity index (χ0) is 19.6. The Bertz CT molecular complexity index is 421. The monoisotopic (exact) mass is 384 g/mol. The van der Waals surface area contributed by atoms with Crippen molar-refractivity contribution in [2.45, 2.75) is 115 Å². The SMILES string of the molecule is O=C(O)CCCCCC[C@@H]1[C@@H](CCC(O)CC2CCCCC2)[C@H](O)C[C@@H]1O. The first-order chi connectivity index (χ1) is 13.0. The maximum atomic E-state index is 10.5. The number of carbonyl (C=O) groups is 1. The van der Waals surface area contributed by atoms with E-state index in [0.717, 1.165) is 44.9 Å². The van der Waals surface area contributed by atoms with Crippen molar-refractivity contribution in [1.29, 1.82) is 0 Å². The molecule has 5 atom stereocenters. The Kier molecular flexibility index (Phi) is 10.1. The number of carboxylic acid groups (broad SMARTS) is 1. The molecule has 5 nitrogen and oxygen atoms in total. The van der Waals surface area contributed by atoms with Crippen LogP contribution in [0.3, 0.4) is 0 Å². The van der Waals surface area contributed by atoms with Gasteiger partial charge in [-0.15, -0.1) is 0 Å². The van der Waals surface area contributed by atoms with Gasteiger partial charge in [0.2, 0.25) is 0 Å². The molecule has 2 rings (SSSR count). The van der Waals surface area contributed by atoms with E-state index in [-0.39, 0.29) is 24.4 Å². The predicted molar refractivity (Wildman–Crippen MR) is 105 cm³/mol. The van der Waals surface area contributed by atoms with Crippen molar-refractivity contribution in [2.24, 2.45) is 17.8 Å². The highest BCUT2D eigenvalue weighted by Crippen LogP contribution is 2.39. The average Bonchev–Trinajstić information content (AvgIpc) is 2.89. The summed E-state index contributed by atoms with van der Waals surface area (Å²) >= 11 is 0. The van der Waals surface area contributed by atoms with Gasteiger partial charge in [-0.2, -0.15) is 0 Å². The molecule has 0 radical (unpaired) electrons. The van der Waals surface area contributed by atoms with Crippen molar-refractivity contribution >= 4 is 5.97 Å². The lowest BCUT2D eigenvalue weighted by atomic mass is 9.82. The molecule has 2 aliphatic rings. The standard InChI is InChI=1S/C22H40O5/c23-17(14-16-8-4-3-5-9-16)12-13-19-18(20(24)15-21(19)25)10-6-1-2-7-11-22(26)27/h16-21,23-25H,1-15H2,(H,26,27)/t17?,18-,19-,20+,21-/m1/s1. The lowest BCUT2D eigenvalue weighted by Crippen LogP contribution is -2.24. The smallest absolute Gasteiger partial charge is 0.303 e. The zero-order valence-electron chi connectivity index (χ0n) is 16.8. The normalized spacial score (nSPS) is 30.5. The van der Waals surface area contributed by atoms with Crippen LogP contribution < -0.4 is 0 Å². The van der Waals surface area contributed by atoms with E-state index in [2.05, 4.69) is 0 Å². The number of hydrogen-bond acceptors (Lipinski definition) is 4. The van der Waals surface area contributed by atoms with Crippen molar-refractivity contribution in [2.75, 3.05) is 0 Å². The Morgan fingerprint density at radius 2 is 1.52 bits per heavy atom. The molecule has 158 valence electrons. The first-order valence-corrected chi connectivity index (χ1v) is 11.2. The van der Waals surface area contributed by atoms with Gasteiger partial charge >= 0.3 is 5.97 Å². The van der Waals surface area contributed by atoms with E-state index in [4.69, 9.17) is 5.11 Å². The van der Waals surface area contributed by atoms with Crippen LogP contribution in [-0.2, 0) is 4.79 Å². The number of unbranched alkanes of at least 4 members (excludes halogenated alkanes) is 3. The fraction of sp³-hybridized carbons (Fsp3) is 0.955. The minimum absolute atomic E-state index is 0.0834. The molecule has 0 spiro atoms. The molecule has 0 amide bonds. The van der Waals surface area contributed by atoms with E-state index < -0.39 is 18.2 Å². The Morgan fingerprint density at radius 3 is 2.19 bits per heavy atom. The van der Waals surface area contributed by atoms with Gasteiger partial charge in [0.25, 0.3) is 0 Å². The summed E-state index contributed by atoms with van der Waals surface area (Å²) in [6.45, 7) is 0. The Labute approximate surface area is 164 Å². The second kappa shape index (κ2) is 12.0. The molecule has 1 unspecified atom stereocenters. The van der Waals surface area contributed by atoms with Gasteiger partial charge in [-0.05, 0) is 56.3 Å². The van der Waals surface area contributed by atoms with Crippen LogP contribution >= 0.6 is 0 Å². The van der Waals surface area contributed by atoms with Crippen molar-refractivity contribution < 1.29 is 25.2 Å². The third-order valence-corrected chi connectivity index (χ3v) is 6.86. The molecule has 2 aliphatic carbocycles. The third kappa shape index (κ3) is 8.08. The Balaban J connectivity index is 1.68. The first kappa shape index (κ1) is 22.6. The largest absolute Gasteiger partial charge is 0.481 e. The molecule has 2 fully saturated rings. The summed E-state index contributed by atoms with van der Waals surface area (Å²) in [5.74, 6) is 0.118. The van der Waals surface area contributed by atoms with E-state index in [1.165, 1.54) is 32.1 Å². The maximum absolute atomic E-state index is 10.5. The van der Waals surface area contributed by atoms with E-state index in [0.29, 0.717) is 18.8 Å². The van der Waals surface area contributed by atoms with Crippen molar-refractivity contribution in [3.05, 3.63) is 0 Å². The summed E-state index contributed by atoms with van der Waals surface area (Å²) in [5, 5.41) is 39.8. The summed E-state index contributed by atoms with van der Waals surface area (Å²) in [7, 11) is 0. The van der Waals surface area contributed by atoms with Gasteiger partial charge in [0, 0.05) is 6.42 Å². The molecule has 27 heavy (non-hydrogen) atoms. The summed E-state index contributed by atoms with van der Waals surface area (Å²) in [6.07, 6.45) is 12.7. The molecule has 0 bridgehead atoms. The van der Waals surface area contributed by atoms with Crippen molar-refractivity contribution in [3.63, 3.8) is 0 Å². The van der Waals surface area contributed by atoms with Crippen molar-refractivity contribution in [1.82, 2.24) is 0 Å². The molecule has 0 aromatic rings. The fourth-order valence-corrected chi connectivity index (χ4v) is 5.30. The maximum Gasteiger partial charge on any atom is 0.303 e. The highest BCUT2D eigenvalue weighted by Gasteiger charge is 2.40. The van der Waals surface area contributed by atoms with Gasteiger partial charge in [-0.3, -0.25) is 4.79 Å². The minimum Gasteiger partial charge on any atom is -0.481 e. The van der Waals surface area contributed by atoms with Crippen LogP contribution in [0.25, 0.3) is 0 Å². The van der Waals surface area contributed by atoms with Crippen LogP contribution in [0.1, 0.15) is 96.3 Å². The van der Waals surface area contributed by atoms with Gasteiger partial charge in [-0.25, -0.2) is 0 Å². The molecular formula is C22H40O5. The molecule has 4 N–H and O–H groups in total. The quantitative estimate of drug-likeness (QED) is 0.383. The second-order valence-corrected chi connectivity index (χ2v) is 9.02. The molecule has 0 heterocycles. The summed E-state index contributed by atoms with van der Waals surface area (Å²) in [6, 6.07) is 0. The summed E-state index contributed by atoms with van der Waals surface area (Å²) in [5.41, 5.74) is 0. The van der Waals surface area contributed by atoms with Crippen LogP contribution in [-0.4, -0.2) is 44.7 Å². The first-order valence-electron chi connectivity index (χ1n) is 11.2. The average molecular weight is 385 g/mol. The molecular weight excluding hydrogens is 344 g/mol. The molecule has 2 saturated carbocycles. The highest BCUT2D eigenvalue weighted by atomic mass is 16.4. The Morgan fingerprint density at radius 1 is 0.889 bits per heavy atom. The van der Waals surface area contributed by atoms with Crippen LogP contribution in [0.4, 0.5) is 0 Å². The number of aliphatic carboxylic acids is 1. The number of rotatable bonds is 12. The van der Waals surface area contributed by atoms with Crippen molar-refractivity contribution in [3.8, 4) is 0 Å². The fourth-order valence-electron chi connectivity index (χ4n) is 5.30. The summed E-state index contributed by atoms with van der Waals surface area (Å²) < 4.78 is 0. The second-order valence-electron chi connectivity index (χ2n) is 9.02. The molecule has 0 aliphatic heterocycles. The van der Waals surface area contributed by atoms with Crippen LogP contribution in [0.2, 0.25) is 0 Å². The number of hydrogen-bond donors (Lipinski definition) is 4. The van der Waals surface area contributed by atoms with Crippen LogP contribution in [0.5, 0.6) is 0 Å². The lowest BCUT2D eigenvalue weighted by Gasteiger charge is -2.27. The van der Waals surface area contributed by atoms with Crippen LogP contribution in [0, 0.1) is 17.8 Å². The van der Waals surface area contributed by atoms with Gasteiger partial charge in [0.15, 0.2) is 0 Å². The molecule has 0 aromatic heterocycles. The number of aliphatic hydroxyl groups excluding tert-OH is 3. The minimum atomic E-state index is -0.740. The Hall–Kier alpha value is -0.650. The molecule has 0 saturated heterocycles. The van der Waals surface area contributed by atoms with Gasteiger partial charge in [-0.1, -0.05) is 51.4 Å². The topological polar surface area (TPSA) is 98.0 Å². The van der Waals surface area contributed by atoms with Gasteiger partial charge < -0.3 is 20.4 Å². The highest BCUT2D eigenvalue weighted by molar-refractivity contribution is 5.66. The van der Waals surface area contributed by atoms with Gasteiger partial charge in [0.05, 0.1) is 18.3 Å². The molecule has 5 heteroatoms. The van der Waals surface area contributed by atoms with E-state index >= 15 is 0 Å². The number of carboxylic acids is 1. The zero-order valence-corrected chi connectivity index (χ0v) is 16.8. The van der Waals surface area contributed by atoms with E-state index in [1.807, 2.05) is 0 Å². The van der Waals surface area contributed by atoms with E-state index in [1.54, 1.807) is 0 Å². The molecule has 0 aromatic carbocycles. The predicted octanol–water partition coefficient (Wildman–Crippen LogP) is 3.88. The third-order valence-electron chi connectivity index (χ3n) is 6.86. The van der Waals surface area contributed by atoms with E-state index in [9.17, 15) is 20.1 Å². The lowest BCUT2D eigenvalue weighted by molar-refractivity contribution is -0.137. The summed E-state index contributed by atoms with van der Waals surface area (Å²) in [4.78, 5) is 10.5. The number of aliphatic hydroxyl groups is 3. The van der Waals surface area contributed by atoms with Crippen LogP contribution in [0.15, 0.2) is 0 Å². The van der Waals surface area contributed by atoms with Gasteiger partial charge in [0.1, 0.15) is 0 Å².